The Kier molecular flexibility index (Phi) is 5.16. The average Bonchev–Trinajstić information content (AvgIpc) is 3.18. The van der Waals surface area contributed by atoms with Crippen LogP contribution in [0.3, 0.4) is 0 Å². The molecule has 0 saturated heterocycles. The summed E-state index contributed by atoms with van der Waals surface area (Å²) in [5.74, 6) is -0.318. The number of thioether (sulfide) groups is 1. The summed E-state index contributed by atoms with van der Waals surface area (Å²) in [7, 11) is 0. The number of fused-ring (bicyclic) bond motifs is 3. The summed E-state index contributed by atoms with van der Waals surface area (Å²) in [4.78, 5) is 19.6. The molecule has 0 spiro atoms. The second kappa shape index (κ2) is 8.12. The summed E-state index contributed by atoms with van der Waals surface area (Å²) in [5, 5.41) is 4.14. The third-order valence-corrected chi connectivity index (χ3v) is 6.54. The lowest BCUT2D eigenvalue weighted by Crippen LogP contribution is -2.43. The largest absolute Gasteiger partial charge is 0.356 e. The first-order chi connectivity index (χ1) is 15.2. The van der Waals surface area contributed by atoms with Crippen LogP contribution in [0.25, 0.3) is 10.9 Å². The van der Waals surface area contributed by atoms with Crippen LogP contribution < -0.4 is 5.32 Å². The summed E-state index contributed by atoms with van der Waals surface area (Å²) in [6.45, 7) is 0.502. The summed E-state index contributed by atoms with van der Waals surface area (Å²) < 4.78 is 14.9. The van der Waals surface area contributed by atoms with Crippen LogP contribution in [-0.2, 0) is 6.42 Å². The highest BCUT2D eigenvalue weighted by Crippen LogP contribution is 2.39. The van der Waals surface area contributed by atoms with Crippen molar-refractivity contribution >= 4 is 34.4 Å². The number of nitrogens with one attached hydrogen (secondary N) is 2. The van der Waals surface area contributed by atoms with E-state index in [0.717, 1.165) is 32.7 Å². The lowest BCUT2D eigenvalue weighted by molar-refractivity contribution is 0.192. The van der Waals surface area contributed by atoms with Crippen LogP contribution >= 0.6 is 11.8 Å². The van der Waals surface area contributed by atoms with Crippen molar-refractivity contribution in [3.63, 3.8) is 0 Å². The average molecular weight is 432 g/mol. The Morgan fingerprint density at radius 3 is 2.74 bits per heavy atom. The van der Waals surface area contributed by atoms with Crippen LogP contribution in [0.4, 0.5) is 14.9 Å². The summed E-state index contributed by atoms with van der Waals surface area (Å²) in [5.41, 5.74) is 4.25. The number of para-hydroxylation sites is 1. The van der Waals surface area contributed by atoms with Crippen molar-refractivity contribution in [1.29, 1.82) is 0 Å². The minimum Gasteiger partial charge on any atom is -0.356 e. The maximum Gasteiger partial charge on any atom is 0.322 e. The molecule has 0 unspecified atom stereocenters. The normalized spacial score (nSPS) is 15.7. The highest BCUT2D eigenvalue weighted by atomic mass is 32.2. The van der Waals surface area contributed by atoms with Gasteiger partial charge in [0.1, 0.15) is 11.9 Å². The topological polar surface area (TPSA) is 48.1 Å². The number of rotatable bonds is 3. The van der Waals surface area contributed by atoms with Crippen molar-refractivity contribution in [1.82, 2.24) is 9.88 Å². The molecule has 4 aromatic rings. The van der Waals surface area contributed by atoms with Crippen LogP contribution in [0.2, 0.25) is 0 Å². The molecule has 0 radical (unpaired) electrons. The van der Waals surface area contributed by atoms with Gasteiger partial charge >= 0.3 is 6.03 Å². The lowest BCUT2D eigenvalue weighted by atomic mass is 9.92. The maximum absolute atomic E-state index is 14.9. The number of urea groups is 1. The predicted molar refractivity (Wildman–Crippen MR) is 124 cm³/mol. The Labute approximate surface area is 184 Å². The molecule has 1 aliphatic rings. The molecule has 2 N–H and O–H groups in total. The van der Waals surface area contributed by atoms with Gasteiger partial charge < -0.3 is 15.2 Å². The highest BCUT2D eigenvalue weighted by Gasteiger charge is 2.36. The fraction of sp³-hybridized carbons (Fsp3) is 0.160. The van der Waals surface area contributed by atoms with Gasteiger partial charge in [-0.15, -0.1) is 11.8 Å². The molecule has 31 heavy (non-hydrogen) atoms. The third kappa shape index (κ3) is 3.57. The van der Waals surface area contributed by atoms with Crippen LogP contribution in [0, 0.1) is 5.82 Å². The number of hydrogen-bond acceptors (Lipinski definition) is 2. The van der Waals surface area contributed by atoms with E-state index in [2.05, 4.69) is 16.4 Å². The van der Waals surface area contributed by atoms with E-state index < -0.39 is 6.04 Å². The number of halogens is 1. The Hall–Kier alpha value is -3.25. The first-order valence-corrected chi connectivity index (χ1v) is 11.4. The van der Waals surface area contributed by atoms with E-state index >= 15 is 0 Å². The van der Waals surface area contributed by atoms with Crippen molar-refractivity contribution in [2.24, 2.45) is 0 Å². The molecule has 6 heteroatoms. The number of benzene rings is 3. The molecule has 4 nitrogen and oxygen atoms in total. The first-order valence-electron chi connectivity index (χ1n) is 10.2. The first kappa shape index (κ1) is 19.7. The van der Waals surface area contributed by atoms with Gasteiger partial charge in [0.25, 0.3) is 0 Å². The van der Waals surface area contributed by atoms with Gasteiger partial charge in [0, 0.05) is 39.3 Å². The molecule has 2 amide bonds. The van der Waals surface area contributed by atoms with Crippen molar-refractivity contribution < 1.29 is 9.18 Å². The van der Waals surface area contributed by atoms with Gasteiger partial charge in [-0.25, -0.2) is 9.18 Å². The second-order valence-electron chi connectivity index (χ2n) is 7.59. The molecule has 1 aromatic heterocycles. The number of carbonyl (C=O) groups excluding carboxylic acids is 1. The Morgan fingerprint density at radius 2 is 1.90 bits per heavy atom. The number of aromatic nitrogens is 1. The molecule has 1 aliphatic heterocycles. The molecule has 5 rings (SSSR count). The molecule has 156 valence electrons. The Morgan fingerprint density at radius 1 is 1.10 bits per heavy atom. The second-order valence-corrected chi connectivity index (χ2v) is 8.47. The monoisotopic (exact) mass is 431 g/mol. The third-order valence-electron chi connectivity index (χ3n) is 5.82. The number of hydrogen-bond donors (Lipinski definition) is 2. The summed E-state index contributed by atoms with van der Waals surface area (Å²) in [6.07, 6.45) is 2.71. The minimum atomic E-state index is -0.527. The van der Waals surface area contributed by atoms with Crippen molar-refractivity contribution in [3.05, 3.63) is 95.4 Å². The van der Waals surface area contributed by atoms with Crippen molar-refractivity contribution in [3.8, 4) is 0 Å². The van der Waals surface area contributed by atoms with E-state index in [-0.39, 0.29) is 11.8 Å². The molecule has 0 saturated carbocycles. The van der Waals surface area contributed by atoms with Gasteiger partial charge in [0.15, 0.2) is 0 Å². The predicted octanol–water partition coefficient (Wildman–Crippen LogP) is 6.21. The number of amides is 2. The van der Waals surface area contributed by atoms with Gasteiger partial charge in [-0.05, 0) is 48.6 Å². The van der Waals surface area contributed by atoms with E-state index in [1.807, 2.05) is 54.8 Å². The van der Waals surface area contributed by atoms with Crippen LogP contribution in [0.15, 0.2) is 77.7 Å². The molecule has 2 heterocycles. The van der Waals surface area contributed by atoms with E-state index in [0.29, 0.717) is 18.5 Å². The van der Waals surface area contributed by atoms with Crippen molar-refractivity contribution in [2.75, 3.05) is 18.1 Å². The molecular weight excluding hydrogens is 409 g/mol. The summed E-state index contributed by atoms with van der Waals surface area (Å²) >= 11 is 1.62. The number of aromatic amines is 1. The van der Waals surface area contributed by atoms with Gasteiger partial charge in [-0.1, -0.05) is 42.5 Å². The zero-order valence-electron chi connectivity index (χ0n) is 17.1. The van der Waals surface area contributed by atoms with Gasteiger partial charge in [-0.3, -0.25) is 0 Å². The molecular formula is C25H22FN3OS. The van der Waals surface area contributed by atoms with E-state index in [4.69, 9.17) is 0 Å². The van der Waals surface area contributed by atoms with Gasteiger partial charge in [0.05, 0.1) is 0 Å². The fourth-order valence-corrected chi connectivity index (χ4v) is 4.84. The molecule has 3 aromatic carbocycles. The smallest absolute Gasteiger partial charge is 0.322 e. The maximum atomic E-state index is 14.9. The van der Waals surface area contributed by atoms with E-state index in [1.165, 1.54) is 6.07 Å². The van der Waals surface area contributed by atoms with Gasteiger partial charge in [0.2, 0.25) is 0 Å². The Bertz CT molecular complexity index is 1270. The minimum absolute atomic E-state index is 0.240. The van der Waals surface area contributed by atoms with Crippen LogP contribution in [0.5, 0.6) is 0 Å². The van der Waals surface area contributed by atoms with Gasteiger partial charge in [-0.2, -0.15) is 0 Å². The molecule has 0 bridgehead atoms. The van der Waals surface area contributed by atoms with E-state index in [1.54, 1.807) is 28.8 Å². The molecule has 1 atom stereocenters. The Balaban J connectivity index is 1.57. The standard InChI is InChI=1S/C25H22FN3OS/c1-31-17-8-6-7-16(15-17)27-25(30)29-14-13-19-18-9-3-5-12-22(18)28-23(19)24(29)20-10-2-4-11-21(20)26/h2-12,15,24,28H,13-14H2,1H3,(H,27,30)/t24-/m1/s1. The zero-order chi connectivity index (χ0) is 21.4. The SMILES string of the molecule is CSc1cccc(NC(=O)N2CCc3c([nH]c4ccccc34)[C@H]2c2ccccc2F)c1. The highest BCUT2D eigenvalue weighted by molar-refractivity contribution is 7.98. The van der Waals surface area contributed by atoms with Crippen LogP contribution in [-0.4, -0.2) is 28.7 Å². The number of carbonyl (C=O) groups is 1. The van der Waals surface area contributed by atoms with E-state index in [9.17, 15) is 9.18 Å². The lowest BCUT2D eigenvalue weighted by Gasteiger charge is -2.36. The fourth-order valence-electron chi connectivity index (χ4n) is 4.38. The molecule has 0 aliphatic carbocycles. The summed E-state index contributed by atoms with van der Waals surface area (Å²) in [6, 6.07) is 21.7. The molecule has 0 fully saturated rings. The zero-order valence-corrected chi connectivity index (χ0v) is 17.9. The number of H-pyrrole nitrogens is 1. The van der Waals surface area contributed by atoms with Crippen LogP contribution in [0.1, 0.15) is 22.9 Å². The van der Waals surface area contributed by atoms with Crippen molar-refractivity contribution in [2.45, 2.75) is 17.4 Å². The quantitative estimate of drug-likeness (QED) is 0.379. The number of anilines is 1. The number of nitrogens with zero attached hydrogens (tertiary/aromatic N) is 1.